The number of aryl methyl sites for hydroxylation is 1. The number of benzene rings is 1. The molecule has 1 aromatic carbocycles. The highest BCUT2D eigenvalue weighted by Gasteiger charge is 2.29. The van der Waals surface area contributed by atoms with Gasteiger partial charge in [0.15, 0.2) is 0 Å². The van der Waals surface area contributed by atoms with Gasteiger partial charge in [-0.15, -0.1) is 0 Å². The minimum Gasteiger partial charge on any atom is -0.393 e. The Bertz CT molecular complexity index is 1190. The Balaban J connectivity index is 1.77. The number of nitrogens with zero attached hydrogens (tertiary/aromatic N) is 4. The van der Waals surface area contributed by atoms with E-state index in [9.17, 15) is 14.7 Å². The van der Waals surface area contributed by atoms with Crippen LogP contribution in [0.5, 0.6) is 0 Å². The number of anilines is 1. The maximum absolute atomic E-state index is 13.8. The van der Waals surface area contributed by atoms with E-state index in [4.69, 9.17) is 9.72 Å². The number of aliphatic hydroxyl groups excluding tert-OH is 1. The van der Waals surface area contributed by atoms with E-state index >= 15 is 0 Å². The number of fused-ring (bicyclic) bond motifs is 1. The van der Waals surface area contributed by atoms with Gasteiger partial charge in [0.1, 0.15) is 12.4 Å². The fraction of sp³-hybridized carbons (Fsp3) is 0.462. The number of rotatable bonds is 8. The third kappa shape index (κ3) is 5.21. The van der Waals surface area contributed by atoms with Crippen LogP contribution in [0.4, 0.5) is 5.69 Å². The summed E-state index contributed by atoms with van der Waals surface area (Å²) in [4.78, 5) is 36.9. The Hall–Kier alpha value is -3.30. The number of aliphatic hydroxyl groups is 1. The first-order chi connectivity index (χ1) is 17.0. The van der Waals surface area contributed by atoms with Gasteiger partial charge in [-0.3, -0.25) is 14.6 Å². The van der Waals surface area contributed by atoms with Crippen molar-refractivity contribution in [2.45, 2.75) is 45.8 Å². The van der Waals surface area contributed by atoms with Crippen LogP contribution in [0.3, 0.4) is 0 Å². The second-order valence-electron chi connectivity index (χ2n) is 8.90. The lowest BCUT2D eigenvalue weighted by molar-refractivity contribution is -0.119. The minimum atomic E-state index is -0.332. The number of hydrogen-bond acceptors (Lipinski definition) is 6. The van der Waals surface area contributed by atoms with Crippen molar-refractivity contribution in [3.05, 3.63) is 42.2 Å². The maximum Gasteiger partial charge on any atom is 0.256 e. The topological polar surface area (TPSA) is 110 Å². The van der Waals surface area contributed by atoms with Crippen LogP contribution in [0.15, 0.2) is 36.7 Å². The molecule has 186 valence electrons. The maximum atomic E-state index is 13.8. The molecule has 0 aliphatic carbocycles. The third-order valence-electron chi connectivity index (χ3n) is 6.66. The first-order valence-corrected chi connectivity index (χ1v) is 12.2. The molecule has 1 aliphatic rings. The summed E-state index contributed by atoms with van der Waals surface area (Å²) in [6, 6.07) is 7.31. The average molecular weight is 480 g/mol. The lowest BCUT2D eigenvalue weighted by Crippen LogP contribution is -2.41. The molecule has 35 heavy (non-hydrogen) atoms. The molecule has 2 N–H and O–H groups in total. The van der Waals surface area contributed by atoms with Crippen molar-refractivity contribution < 1.29 is 19.4 Å². The first-order valence-electron chi connectivity index (χ1n) is 12.2. The molecule has 1 atom stereocenters. The number of ether oxygens (including phenoxy) is 1. The Morgan fingerprint density at radius 3 is 2.66 bits per heavy atom. The fourth-order valence-electron chi connectivity index (χ4n) is 4.85. The fourth-order valence-corrected chi connectivity index (χ4v) is 4.85. The Labute approximate surface area is 205 Å². The van der Waals surface area contributed by atoms with E-state index in [1.54, 1.807) is 24.5 Å². The molecule has 3 heterocycles. The number of likely N-dealkylation sites (tertiary alicyclic amines) is 1. The summed E-state index contributed by atoms with van der Waals surface area (Å²) >= 11 is 0. The van der Waals surface area contributed by atoms with Gasteiger partial charge < -0.3 is 24.6 Å². The van der Waals surface area contributed by atoms with E-state index in [0.717, 1.165) is 36.2 Å². The van der Waals surface area contributed by atoms with Crippen molar-refractivity contribution >= 4 is 28.5 Å². The molecule has 2 aromatic heterocycles. The van der Waals surface area contributed by atoms with Crippen LogP contribution in [0.1, 0.15) is 43.5 Å². The molecule has 3 aromatic rings. The molecule has 0 saturated carbocycles. The number of nitrogens with one attached hydrogen (secondary N) is 1. The first kappa shape index (κ1) is 24.8. The van der Waals surface area contributed by atoms with Crippen LogP contribution in [-0.4, -0.2) is 69.3 Å². The molecule has 1 fully saturated rings. The SMILES string of the molecule is CC[C@H](O)C1CCN(C(=O)c2cc(NC(=O)COC)cc3nc(-c4cccnc4)n(CC)c23)CC1. The van der Waals surface area contributed by atoms with E-state index < -0.39 is 0 Å². The minimum absolute atomic E-state index is 0.0844. The lowest BCUT2D eigenvalue weighted by atomic mass is 9.89. The molecule has 4 rings (SSSR count). The molecule has 2 amide bonds. The van der Waals surface area contributed by atoms with Gasteiger partial charge in [0.05, 0.1) is 22.7 Å². The lowest BCUT2D eigenvalue weighted by Gasteiger charge is -2.34. The number of amides is 2. The summed E-state index contributed by atoms with van der Waals surface area (Å²) in [5.74, 6) is 0.522. The van der Waals surface area contributed by atoms with Crippen molar-refractivity contribution in [1.82, 2.24) is 19.4 Å². The van der Waals surface area contributed by atoms with Crippen LogP contribution in [-0.2, 0) is 16.1 Å². The van der Waals surface area contributed by atoms with E-state index in [2.05, 4.69) is 10.3 Å². The van der Waals surface area contributed by atoms with Crippen molar-refractivity contribution in [2.75, 3.05) is 32.1 Å². The van der Waals surface area contributed by atoms with Crippen molar-refractivity contribution in [1.29, 1.82) is 0 Å². The summed E-state index contributed by atoms with van der Waals surface area (Å²) in [5.41, 5.74) is 3.20. The highest BCUT2D eigenvalue weighted by atomic mass is 16.5. The monoisotopic (exact) mass is 479 g/mol. The van der Waals surface area contributed by atoms with Crippen molar-refractivity contribution in [3.63, 3.8) is 0 Å². The number of piperidine rings is 1. The summed E-state index contributed by atoms with van der Waals surface area (Å²) in [7, 11) is 1.46. The molecule has 9 nitrogen and oxygen atoms in total. The summed E-state index contributed by atoms with van der Waals surface area (Å²) in [6.07, 6.45) is 5.38. The number of carbonyl (C=O) groups is 2. The molecule has 0 spiro atoms. The molecule has 0 radical (unpaired) electrons. The number of aromatic nitrogens is 3. The molecule has 1 aliphatic heterocycles. The second-order valence-corrected chi connectivity index (χ2v) is 8.90. The van der Waals surface area contributed by atoms with Gasteiger partial charge in [0, 0.05) is 50.4 Å². The number of pyridine rings is 1. The molecule has 0 unspecified atom stereocenters. The van der Waals surface area contributed by atoms with Crippen LogP contribution < -0.4 is 5.32 Å². The van der Waals surface area contributed by atoms with Crippen molar-refractivity contribution in [3.8, 4) is 11.4 Å². The second kappa shape index (κ2) is 11.0. The van der Waals surface area contributed by atoms with Crippen LogP contribution >= 0.6 is 0 Å². The highest BCUT2D eigenvalue weighted by molar-refractivity contribution is 6.08. The molecule has 1 saturated heterocycles. The van der Waals surface area contributed by atoms with Crippen LogP contribution in [0.2, 0.25) is 0 Å². The van der Waals surface area contributed by atoms with Gasteiger partial charge in [-0.25, -0.2) is 4.98 Å². The predicted molar refractivity (Wildman–Crippen MR) is 134 cm³/mol. The predicted octanol–water partition coefficient (Wildman–Crippen LogP) is 3.33. The number of hydrogen-bond donors (Lipinski definition) is 2. The smallest absolute Gasteiger partial charge is 0.256 e. The quantitative estimate of drug-likeness (QED) is 0.513. The average Bonchev–Trinajstić information content (AvgIpc) is 3.26. The standard InChI is InChI=1S/C26H33N5O4/c1-4-22(32)17-8-11-30(12-9-17)26(34)20-13-19(28-23(33)16-35-3)14-21-24(20)31(5-2)25(29-21)18-7-6-10-27-15-18/h6-7,10,13-15,17,22,32H,4-5,8-9,11-12,16H2,1-3H3,(H,28,33)/t22-/m0/s1. The highest BCUT2D eigenvalue weighted by Crippen LogP contribution is 2.32. The summed E-state index contributed by atoms with van der Waals surface area (Å²) < 4.78 is 6.96. The van der Waals surface area contributed by atoms with E-state index in [1.807, 2.05) is 35.4 Å². The Kier molecular flexibility index (Phi) is 7.77. The molecule has 0 bridgehead atoms. The normalized spacial score (nSPS) is 15.4. The van der Waals surface area contributed by atoms with Gasteiger partial charge in [-0.05, 0) is 56.4 Å². The summed E-state index contributed by atoms with van der Waals surface area (Å²) in [5, 5.41) is 13.1. The zero-order chi connectivity index (χ0) is 24.9. The van der Waals surface area contributed by atoms with Gasteiger partial charge in [-0.1, -0.05) is 6.92 Å². The van der Waals surface area contributed by atoms with Gasteiger partial charge in [-0.2, -0.15) is 0 Å². The number of carbonyl (C=O) groups excluding carboxylic acids is 2. The largest absolute Gasteiger partial charge is 0.393 e. The van der Waals surface area contributed by atoms with Crippen LogP contribution in [0.25, 0.3) is 22.4 Å². The van der Waals surface area contributed by atoms with E-state index in [1.165, 1.54) is 7.11 Å². The van der Waals surface area contributed by atoms with E-state index in [0.29, 0.717) is 36.4 Å². The zero-order valence-corrected chi connectivity index (χ0v) is 20.5. The number of imidazole rings is 1. The Morgan fingerprint density at radius 1 is 1.26 bits per heavy atom. The zero-order valence-electron chi connectivity index (χ0n) is 20.5. The van der Waals surface area contributed by atoms with Gasteiger partial charge in [0.2, 0.25) is 5.91 Å². The van der Waals surface area contributed by atoms with Crippen LogP contribution in [0, 0.1) is 5.92 Å². The third-order valence-corrected chi connectivity index (χ3v) is 6.66. The number of methoxy groups -OCH3 is 1. The van der Waals surface area contributed by atoms with Gasteiger partial charge >= 0.3 is 0 Å². The summed E-state index contributed by atoms with van der Waals surface area (Å²) in [6.45, 7) is 5.69. The Morgan fingerprint density at radius 2 is 2.03 bits per heavy atom. The molecular formula is C26H33N5O4. The van der Waals surface area contributed by atoms with Gasteiger partial charge in [0.25, 0.3) is 5.91 Å². The molecule has 9 heteroatoms. The van der Waals surface area contributed by atoms with Crippen molar-refractivity contribution in [2.24, 2.45) is 5.92 Å². The molecular weight excluding hydrogens is 446 g/mol. The van der Waals surface area contributed by atoms with E-state index in [-0.39, 0.29) is 30.4 Å².